The molecule has 1 fully saturated rings. The summed E-state index contributed by atoms with van der Waals surface area (Å²) in [5, 5.41) is 11.2. The van der Waals surface area contributed by atoms with Crippen LogP contribution >= 0.6 is 0 Å². The molecule has 0 saturated carbocycles. The fourth-order valence-corrected chi connectivity index (χ4v) is 3.88. The first-order chi connectivity index (χ1) is 15.7. The number of aliphatic hydroxyl groups is 1. The molecule has 0 radical (unpaired) electrons. The number of hydrogen-bond donors (Lipinski definition) is 1. The lowest BCUT2D eigenvalue weighted by molar-refractivity contribution is -0.140. The summed E-state index contributed by atoms with van der Waals surface area (Å²) in [5.41, 5.74) is 0.232. The molecule has 1 saturated heterocycles. The van der Waals surface area contributed by atoms with Crippen LogP contribution in [0.15, 0.2) is 42.0 Å². The third kappa shape index (κ3) is 4.49. The van der Waals surface area contributed by atoms with Crippen LogP contribution in [0.5, 0.6) is 17.2 Å². The molecule has 2 aromatic rings. The van der Waals surface area contributed by atoms with Crippen LogP contribution in [0.4, 0.5) is 4.39 Å². The summed E-state index contributed by atoms with van der Waals surface area (Å²) < 4.78 is 30.2. The minimum Gasteiger partial charge on any atom is -0.507 e. The minimum atomic E-state index is -0.983. The van der Waals surface area contributed by atoms with Gasteiger partial charge in [0.1, 0.15) is 17.3 Å². The Morgan fingerprint density at radius 1 is 1.06 bits per heavy atom. The van der Waals surface area contributed by atoms with Crippen molar-refractivity contribution in [1.82, 2.24) is 9.80 Å². The first-order valence-electron chi connectivity index (χ1n) is 10.2. The van der Waals surface area contributed by atoms with E-state index < -0.39 is 29.3 Å². The number of ether oxygens (including phenoxy) is 3. The number of ketones is 1. The van der Waals surface area contributed by atoms with E-state index in [0.717, 1.165) is 6.07 Å². The van der Waals surface area contributed by atoms with Crippen molar-refractivity contribution >= 4 is 17.4 Å². The van der Waals surface area contributed by atoms with Gasteiger partial charge in [-0.1, -0.05) is 12.1 Å². The molecule has 8 nitrogen and oxygen atoms in total. The topological polar surface area (TPSA) is 88.5 Å². The number of carbonyl (C=O) groups is 2. The maximum Gasteiger partial charge on any atom is 0.295 e. The van der Waals surface area contributed by atoms with Gasteiger partial charge in [-0.05, 0) is 38.4 Å². The highest BCUT2D eigenvalue weighted by molar-refractivity contribution is 6.46. The number of amides is 1. The van der Waals surface area contributed by atoms with E-state index in [9.17, 15) is 19.1 Å². The normalized spacial score (nSPS) is 17.5. The van der Waals surface area contributed by atoms with Crippen molar-refractivity contribution in [3.8, 4) is 17.2 Å². The maximum absolute atomic E-state index is 14.0. The lowest BCUT2D eigenvalue weighted by atomic mass is 9.94. The first-order valence-corrected chi connectivity index (χ1v) is 10.2. The molecule has 3 rings (SSSR count). The number of hydrogen-bond acceptors (Lipinski definition) is 7. The van der Waals surface area contributed by atoms with Gasteiger partial charge in [0.15, 0.2) is 11.5 Å². The molecule has 0 aromatic heterocycles. The summed E-state index contributed by atoms with van der Waals surface area (Å²) in [6, 6.07) is 7.66. The Hall–Kier alpha value is -3.59. The molecular formula is C24H27FN2O6. The van der Waals surface area contributed by atoms with Crippen LogP contribution in [0, 0.1) is 5.82 Å². The summed E-state index contributed by atoms with van der Waals surface area (Å²) in [6.07, 6.45) is 0. The monoisotopic (exact) mass is 458 g/mol. The molecule has 0 spiro atoms. The Balaban J connectivity index is 2.30. The third-order valence-electron chi connectivity index (χ3n) is 5.47. The number of halogens is 1. The van der Waals surface area contributed by atoms with Crippen molar-refractivity contribution in [1.29, 1.82) is 0 Å². The van der Waals surface area contributed by atoms with Gasteiger partial charge in [0.25, 0.3) is 11.7 Å². The molecule has 0 aliphatic carbocycles. The largest absolute Gasteiger partial charge is 0.507 e. The van der Waals surface area contributed by atoms with Crippen LogP contribution in [0.25, 0.3) is 5.76 Å². The summed E-state index contributed by atoms with van der Waals surface area (Å²) >= 11 is 0. The number of Topliss-reactive ketones (excluding diaryl/α,β-unsaturated/α-hetero) is 1. The second-order valence-electron chi connectivity index (χ2n) is 7.72. The van der Waals surface area contributed by atoms with Crippen LogP contribution in [0.2, 0.25) is 0 Å². The Labute approximate surface area is 191 Å². The maximum atomic E-state index is 14.0. The van der Waals surface area contributed by atoms with Crippen molar-refractivity contribution in [3.05, 3.63) is 58.9 Å². The smallest absolute Gasteiger partial charge is 0.295 e. The second-order valence-corrected chi connectivity index (χ2v) is 7.72. The van der Waals surface area contributed by atoms with Crippen molar-refractivity contribution in [3.63, 3.8) is 0 Å². The van der Waals surface area contributed by atoms with Crippen molar-refractivity contribution < 1.29 is 33.3 Å². The number of aliphatic hydroxyl groups excluding tert-OH is 1. The number of nitrogens with zero attached hydrogens (tertiary/aromatic N) is 2. The number of para-hydroxylation sites is 1. The molecule has 0 unspecified atom stereocenters. The average molecular weight is 458 g/mol. The van der Waals surface area contributed by atoms with E-state index in [0.29, 0.717) is 23.6 Å². The number of benzene rings is 2. The fraction of sp³-hybridized carbons (Fsp3) is 0.333. The predicted molar refractivity (Wildman–Crippen MR) is 120 cm³/mol. The zero-order chi connectivity index (χ0) is 24.3. The second kappa shape index (κ2) is 9.91. The van der Waals surface area contributed by atoms with Gasteiger partial charge in [0.2, 0.25) is 0 Å². The van der Waals surface area contributed by atoms with Crippen LogP contribution < -0.4 is 14.2 Å². The molecular weight excluding hydrogens is 431 g/mol. The van der Waals surface area contributed by atoms with Gasteiger partial charge in [0.05, 0.1) is 38.5 Å². The van der Waals surface area contributed by atoms with E-state index in [1.54, 1.807) is 18.2 Å². The molecule has 9 heteroatoms. The van der Waals surface area contributed by atoms with E-state index in [1.807, 2.05) is 19.0 Å². The van der Waals surface area contributed by atoms with Gasteiger partial charge in [-0.15, -0.1) is 0 Å². The minimum absolute atomic E-state index is 0.0324. The van der Waals surface area contributed by atoms with E-state index in [2.05, 4.69) is 0 Å². The molecule has 1 heterocycles. The molecule has 176 valence electrons. The van der Waals surface area contributed by atoms with E-state index in [-0.39, 0.29) is 23.4 Å². The Morgan fingerprint density at radius 3 is 2.36 bits per heavy atom. The van der Waals surface area contributed by atoms with Gasteiger partial charge in [-0.2, -0.15) is 0 Å². The molecule has 1 atom stereocenters. The van der Waals surface area contributed by atoms with Crippen LogP contribution in [-0.2, 0) is 9.59 Å². The van der Waals surface area contributed by atoms with E-state index in [1.165, 1.54) is 38.4 Å². The Bertz CT molecular complexity index is 1100. The Morgan fingerprint density at radius 2 is 1.76 bits per heavy atom. The van der Waals surface area contributed by atoms with E-state index >= 15 is 0 Å². The molecule has 1 amide bonds. The van der Waals surface area contributed by atoms with Gasteiger partial charge in [-0.25, -0.2) is 4.39 Å². The average Bonchev–Trinajstić information content (AvgIpc) is 3.06. The first kappa shape index (κ1) is 24.1. The lowest BCUT2D eigenvalue weighted by Gasteiger charge is -2.28. The van der Waals surface area contributed by atoms with E-state index in [4.69, 9.17) is 14.2 Å². The van der Waals surface area contributed by atoms with Gasteiger partial charge in [0, 0.05) is 18.7 Å². The number of carbonyl (C=O) groups excluding carboxylic acids is 2. The fourth-order valence-electron chi connectivity index (χ4n) is 3.88. The zero-order valence-corrected chi connectivity index (χ0v) is 19.2. The lowest BCUT2D eigenvalue weighted by Crippen LogP contribution is -2.35. The SMILES string of the molecule is COc1ccc(F)cc1/C(O)=C1\C(=O)C(=O)N(CCN(C)C)[C@H]1c1cccc(OC)c1OC. The molecule has 0 bridgehead atoms. The van der Waals surface area contributed by atoms with Gasteiger partial charge >= 0.3 is 0 Å². The highest BCUT2D eigenvalue weighted by atomic mass is 19.1. The van der Waals surface area contributed by atoms with Gasteiger partial charge in [-0.3, -0.25) is 9.59 Å². The number of rotatable bonds is 8. The summed E-state index contributed by atoms with van der Waals surface area (Å²) in [7, 11) is 7.97. The van der Waals surface area contributed by atoms with Crippen LogP contribution in [-0.4, -0.2) is 75.1 Å². The molecule has 33 heavy (non-hydrogen) atoms. The summed E-state index contributed by atoms with van der Waals surface area (Å²) in [5.74, 6) is -1.95. The summed E-state index contributed by atoms with van der Waals surface area (Å²) in [6.45, 7) is 0.679. The molecule has 2 aromatic carbocycles. The van der Waals surface area contributed by atoms with Crippen molar-refractivity contribution in [2.75, 3.05) is 48.5 Å². The number of likely N-dealkylation sites (tertiary alicyclic amines) is 1. The third-order valence-corrected chi connectivity index (χ3v) is 5.47. The summed E-state index contributed by atoms with van der Waals surface area (Å²) in [4.78, 5) is 29.5. The zero-order valence-electron chi connectivity index (χ0n) is 19.2. The Kier molecular flexibility index (Phi) is 7.23. The molecule has 1 aliphatic rings. The van der Waals surface area contributed by atoms with Crippen molar-refractivity contribution in [2.24, 2.45) is 0 Å². The number of likely N-dealkylation sites (N-methyl/N-ethyl adjacent to an activating group) is 1. The van der Waals surface area contributed by atoms with Gasteiger partial charge < -0.3 is 29.1 Å². The predicted octanol–water partition coefficient (Wildman–Crippen LogP) is 2.83. The van der Waals surface area contributed by atoms with Crippen LogP contribution in [0.3, 0.4) is 0 Å². The quantitative estimate of drug-likeness (QED) is 0.370. The highest BCUT2D eigenvalue weighted by Gasteiger charge is 2.47. The molecule has 1 N–H and O–H groups in total. The van der Waals surface area contributed by atoms with Crippen LogP contribution in [0.1, 0.15) is 17.2 Å². The number of methoxy groups -OCH3 is 3. The standard InChI is InChI=1S/C24H27FN2O6/c1-26(2)11-12-27-20(15-7-6-8-18(32-4)23(15)33-5)19(22(29)24(27)30)21(28)16-13-14(25)9-10-17(16)31-3/h6-10,13,20,28H,11-12H2,1-5H3/b21-19+/t20-/m0/s1. The highest BCUT2D eigenvalue weighted by Crippen LogP contribution is 2.46. The molecule has 1 aliphatic heterocycles. The van der Waals surface area contributed by atoms with Crippen molar-refractivity contribution in [2.45, 2.75) is 6.04 Å².